The van der Waals surface area contributed by atoms with Crippen LogP contribution in [0.5, 0.6) is 5.75 Å². The predicted molar refractivity (Wildman–Crippen MR) is 80.8 cm³/mol. The number of benzene rings is 1. The zero-order valence-electron chi connectivity index (χ0n) is 12.8. The summed E-state index contributed by atoms with van der Waals surface area (Å²) in [5, 5.41) is 5.50. The van der Waals surface area contributed by atoms with Gasteiger partial charge in [0.05, 0.1) is 11.8 Å². The molecule has 2 aliphatic heterocycles. The molecule has 0 aliphatic carbocycles. The second kappa shape index (κ2) is 5.61. The van der Waals surface area contributed by atoms with Gasteiger partial charge in [0.25, 0.3) is 17.4 Å². The highest BCUT2D eigenvalue weighted by Gasteiger charge is 2.47. The van der Waals surface area contributed by atoms with E-state index in [2.05, 4.69) is 10.6 Å². The molecule has 2 N–H and O–H groups in total. The van der Waals surface area contributed by atoms with E-state index >= 15 is 0 Å². The second-order valence-electron chi connectivity index (χ2n) is 5.93. The fourth-order valence-corrected chi connectivity index (χ4v) is 2.67. The molecule has 6 nitrogen and oxygen atoms in total. The molecule has 0 aromatic heterocycles. The van der Waals surface area contributed by atoms with Crippen molar-refractivity contribution in [1.82, 2.24) is 5.32 Å². The summed E-state index contributed by atoms with van der Waals surface area (Å²) in [5.74, 6) is -0.415. The first-order valence-corrected chi connectivity index (χ1v) is 7.50. The second-order valence-corrected chi connectivity index (χ2v) is 5.93. The monoisotopic (exact) mass is 304 g/mol. The summed E-state index contributed by atoms with van der Waals surface area (Å²) in [6.45, 7) is 4.53. The van der Waals surface area contributed by atoms with Crippen LogP contribution in [-0.4, -0.2) is 36.7 Å². The molecule has 1 saturated heterocycles. The van der Waals surface area contributed by atoms with Crippen LogP contribution in [0.1, 0.15) is 25.3 Å². The number of hydrogen-bond donors (Lipinski definition) is 2. The molecule has 118 valence electrons. The number of fused-ring (bicyclic) bond motifs is 1. The molecule has 2 amide bonds. The maximum atomic E-state index is 12.4. The third-order valence-corrected chi connectivity index (χ3v) is 4.08. The normalized spacial score (nSPS) is 26.8. The molecule has 0 spiro atoms. The van der Waals surface area contributed by atoms with E-state index in [1.807, 2.05) is 19.1 Å². The first kappa shape index (κ1) is 14.8. The lowest BCUT2D eigenvalue weighted by Crippen LogP contribution is -2.59. The maximum Gasteiger partial charge on any atom is 0.278 e. The minimum Gasteiger partial charge on any atom is -0.466 e. The number of hydrogen-bond acceptors (Lipinski definition) is 4. The number of carbonyl (C=O) groups is 2. The van der Waals surface area contributed by atoms with E-state index in [4.69, 9.17) is 9.47 Å². The van der Waals surface area contributed by atoms with Crippen LogP contribution in [-0.2, 0) is 14.3 Å². The van der Waals surface area contributed by atoms with Gasteiger partial charge in [0, 0.05) is 13.2 Å². The van der Waals surface area contributed by atoms with Gasteiger partial charge in [0.2, 0.25) is 0 Å². The number of nitrogens with one attached hydrogen (secondary N) is 2. The Balaban J connectivity index is 1.72. The molecule has 2 atom stereocenters. The number of rotatable bonds is 3. The Morgan fingerprint density at radius 3 is 3.05 bits per heavy atom. The molecule has 0 radical (unpaired) electrons. The lowest BCUT2D eigenvalue weighted by atomic mass is 10.0. The van der Waals surface area contributed by atoms with Crippen molar-refractivity contribution in [2.75, 3.05) is 18.5 Å². The van der Waals surface area contributed by atoms with Crippen LogP contribution >= 0.6 is 0 Å². The molecule has 1 fully saturated rings. The quantitative estimate of drug-likeness (QED) is 0.827. The Labute approximate surface area is 129 Å². The molecule has 2 aliphatic rings. The van der Waals surface area contributed by atoms with Gasteiger partial charge in [0.15, 0.2) is 0 Å². The van der Waals surface area contributed by atoms with E-state index in [0.717, 1.165) is 25.0 Å². The molecular weight excluding hydrogens is 284 g/mol. The van der Waals surface area contributed by atoms with E-state index in [-0.39, 0.29) is 6.10 Å². The molecule has 2 heterocycles. The Bertz CT molecular complexity index is 610. The molecule has 0 unspecified atom stereocenters. The average molecular weight is 304 g/mol. The highest BCUT2D eigenvalue weighted by molar-refractivity contribution is 6.15. The van der Waals surface area contributed by atoms with Crippen molar-refractivity contribution in [3.05, 3.63) is 23.8 Å². The SMILES string of the molecule is Cc1ccc2c(c1)NC(=O)[C@](C)(C(=O)NC[C@H]1CCCO1)O2. The standard InChI is InChI=1S/C16H20N2O4/c1-10-5-6-13-12(8-10)18-15(20)16(2,22-13)14(19)17-9-11-4-3-7-21-11/h5-6,8,11H,3-4,7,9H2,1-2H3,(H,17,19)(H,18,20)/t11-,16+/m1/s1. The molecule has 1 aromatic carbocycles. The van der Waals surface area contributed by atoms with E-state index in [1.165, 1.54) is 6.92 Å². The summed E-state index contributed by atoms with van der Waals surface area (Å²) in [5.41, 5.74) is 0.0319. The number of anilines is 1. The van der Waals surface area contributed by atoms with Crippen LogP contribution in [0.4, 0.5) is 5.69 Å². The van der Waals surface area contributed by atoms with E-state index in [0.29, 0.717) is 18.0 Å². The van der Waals surface area contributed by atoms with Gasteiger partial charge in [-0.1, -0.05) is 6.07 Å². The molecule has 0 saturated carbocycles. The highest BCUT2D eigenvalue weighted by Crippen LogP contribution is 2.34. The van der Waals surface area contributed by atoms with Crippen LogP contribution in [0.3, 0.4) is 0 Å². The minimum absolute atomic E-state index is 0.0223. The minimum atomic E-state index is -1.57. The molecule has 1 aromatic rings. The summed E-state index contributed by atoms with van der Waals surface area (Å²) in [4.78, 5) is 24.7. The van der Waals surface area contributed by atoms with Gasteiger partial charge < -0.3 is 20.1 Å². The van der Waals surface area contributed by atoms with Gasteiger partial charge in [0.1, 0.15) is 5.75 Å². The average Bonchev–Trinajstić information content (AvgIpc) is 2.99. The van der Waals surface area contributed by atoms with Crippen LogP contribution in [0.15, 0.2) is 18.2 Å². The maximum absolute atomic E-state index is 12.4. The first-order chi connectivity index (χ1) is 10.5. The Morgan fingerprint density at radius 2 is 2.32 bits per heavy atom. The number of ether oxygens (including phenoxy) is 2. The summed E-state index contributed by atoms with van der Waals surface area (Å²) >= 11 is 0. The van der Waals surface area contributed by atoms with Crippen molar-refractivity contribution in [2.24, 2.45) is 0 Å². The third kappa shape index (κ3) is 2.66. The summed E-state index contributed by atoms with van der Waals surface area (Å²) in [7, 11) is 0. The van der Waals surface area contributed by atoms with Crippen molar-refractivity contribution in [3.63, 3.8) is 0 Å². The topological polar surface area (TPSA) is 76.7 Å². The van der Waals surface area contributed by atoms with Crippen molar-refractivity contribution >= 4 is 17.5 Å². The van der Waals surface area contributed by atoms with Gasteiger partial charge in [-0.3, -0.25) is 9.59 Å². The van der Waals surface area contributed by atoms with E-state index in [9.17, 15) is 9.59 Å². The van der Waals surface area contributed by atoms with E-state index < -0.39 is 17.4 Å². The number of carbonyl (C=O) groups excluding carboxylic acids is 2. The fraction of sp³-hybridized carbons (Fsp3) is 0.500. The van der Waals surface area contributed by atoms with Crippen LogP contribution in [0, 0.1) is 6.92 Å². The summed E-state index contributed by atoms with van der Waals surface area (Å²) in [6.07, 6.45) is 1.95. The Morgan fingerprint density at radius 1 is 1.50 bits per heavy atom. The van der Waals surface area contributed by atoms with Crippen molar-refractivity contribution in [1.29, 1.82) is 0 Å². The molecule has 22 heavy (non-hydrogen) atoms. The van der Waals surface area contributed by atoms with Crippen LogP contribution in [0.25, 0.3) is 0 Å². The van der Waals surface area contributed by atoms with Gasteiger partial charge in [-0.25, -0.2) is 0 Å². The molecule has 0 bridgehead atoms. The summed E-state index contributed by atoms with van der Waals surface area (Å²) in [6, 6.07) is 5.45. The molecule has 6 heteroatoms. The van der Waals surface area contributed by atoms with Gasteiger partial charge >= 0.3 is 0 Å². The Hall–Kier alpha value is -2.08. The zero-order chi connectivity index (χ0) is 15.7. The molecular formula is C16H20N2O4. The lowest BCUT2D eigenvalue weighted by Gasteiger charge is -2.33. The van der Waals surface area contributed by atoms with Gasteiger partial charge in [-0.2, -0.15) is 0 Å². The van der Waals surface area contributed by atoms with E-state index in [1.54, 1.807) is 6.07 Å². The lowest BCUT2D eigenvalue weighted by molar-refractivity contribution is -0.147. The number of aryl methyl sites for hydroxylation is 1. The van der Waals surface area contributed by atoms with Crippen molar-refractivity contribution in [3.8, 4) is 5.75 Å². The summed E-state index contributed by atoms with van der Waals surface area (Å²) < 4.78 is 11.2. The third-order valence-electron chi connectivity index (χ3n) is 4.08. The van der Waals surface area contributed by atoms with Gasteiger partial charge in [-0.15, -0.1) is 0 Å². The first-order valence-electron chi connectivity index (χ1n) is 7.50. The van der Waals surface area contributed by atoms with Crippen LogP contribution in [0.2, 0.25) is 0 Å². The number of amides is 2. The fourth-order valence-electron chi connectivity index (χ4n) is 2.67. The van der Waals surface area contributed by atoms with Gasteiger partial charge in [-0.05, 0) is 44.4 Å². The van der Waals surface area contributed by atoms with Crippen molar-refractivity contribution < 1.29 is 19.1 Å². The van der Waals surface area contributed by atoms with Crippen molar-refractivity contribution in [2.45, 2.75) is 38.4 Å². The smallest absolute Gasteiger partial charge is 0.278 e. The van der Waals surface area contributed by atoms with Crippen LogP contribution < -0.4 is 15.4 Å². The predicted octanol–water partition coefficient (Wildman–Crippen LogP) is 1.38. The Kier molecular flexibility index (Phi) is 3.78. The molecule has 3 rings (SSSR count). The highest BCUT2D eigenvalue weighted by atomic mass is 16.5. The largest absolute Gasteiger partial charge is 0.466 e. The zero-order valence-corrected chi connectivity index (χ0v) is 12.8.